The van der Waals surface area contributed by atoms with E-state index in [2.05, 4.69) is 10.6 Å². The van der Waals surface area contributed by atoms with Gasteiger partial charge in [-0.3, -0.25) is 9.59 Å². The largest absolute Gasteiger partial charge is 0.394 e. The van der Waals surface area contributed by atoms with Crippen molar-refractivity contribution in [3.63, 3.8) is 0 Å². The number of aliphatic hydroxyl groups excluding tert-OH is 1. The van der Waals surface area contributed by atoms with E-state index in [-0.39, 0.29) is 30.9 Å². The molecule has 0 saturated carbocycles. The summed E-state index contributed by atoms with van der Waals surface area (Å²) in [4.78, 5) is 22.4. The summed E-state index contributed by atoms with van der Waals surface area (Å²) in [5.74, 6) is -0.263. The van der Waals surface area contributed by atoms with E-state index in [1.54, 1.807) is 31.2 Å². The Bertz CT molecular complexity index is 415. The number of hydrogen-bond acceptors (Lipinski definition) is 3. The van der Waals surface area contributed by atoms with E-state index in [4.69, 9.17) is 5.11 Å². The molecule has 1 aromatic rings. The Morgan fingerprint density at radius 1 is 1.28 bits per heavy atom. The van der Waals surface area contributed by atoms with Crippen LogP contribution in [0.4, 0.5) is 5.69 Å². The van der Waals surface area contributed by atoms with Gasteiger partial charge in [0.1, 0.15) is 0 Å². The molecule has 0 heterocycles. The number of amides is 2. The second kappa shape index (κ2) is 6.76. The highest BCUT2D eigenvalue weighted by molar-refractivity contribution is 5.88. The number of benzene rings is 1. The highest BCUT2D eigenvalue weighted by Gasteiger charge is 2.07. The topological polar surface area (TPSA) is 78.4 Å². The van der Waals surface area contributed by atoms with Gasteiger partial charge in [0.25, 0.3) is 0 Å². The molecule has 0 aliphatic heterocycles. The van der Waals surface area contributed by atoms with Crippen molar-refractivity contribution in [1.82, 2.24) is 5.32 Å². The molecule has 98 valence electrons. The van der Waals surface area contributed by atoms with Gasteiger partial charge in [-0.15, -0.1) is 0 Å². The van der Waals surface area contributed by atoms with Crippen LogP contribution in [0.25, 0.3) is 0 Å². The number of hydrogen-bond donors (Lipinski definition) is 3. The molecule has 5 heteroatoms. The molecule has 1 unspecified atom stereocenters. The van der Waals surface area contributed by atoms with Crippen molar-refractivity contribution in [2.75, 3.05) is 11.9 Å². The summed E-state index contributed by atoms with van der Waals surface area (Å²) in [6, 6.07) is 6.83. The summed E-state index contributed by atoms with van der Waals surface area (Å²) in [6.45, 7) is 3.10. The standard InChI is InChI=1S/C13H18N2O3/c1-9(8-16)14-13(18)7-11-3-5-12(6-4-11)15-10(2)17/h3-6,9,16H,7-8H2,1-2H3,(H,14,18)(H,15,17). The molecular weight excluding hydrogens is 232 g/mol. The highest BCUT2D eigenvalue weighted by atomic mass is 16.3. The normalized spacial score (nSPS) is 11.7. The van der Waals surface area contributed by atoms with Crippen LogP contribution in [0.15, 0.2) is 24.3 Å². The first-order valence-electron chi connectivity index (χ1n) is 5.78. The van der Waals surface area contributed by atoms with Gasteiger partial charge in [0.05, 0.1) is 13.0 Å². The van der Waals surface area contributed by atoms with Gasteiger partial charge < -0.3 is 15.7 Å². The monoisotopic (exact) mass is 250 g/mol. The zero-order valence-electron chi connectivity index (χ0n) is 10.6. The minimum absolute atomic E-state index is 0.0762. The van der Waals surface area contributed by atoms with Crippen molar-refractivity contribution in [2.24, 2.45) is 0 Å². The van der Waals surface area contributed by atoms with Crippen LogP contribution in [0.1, 0.15) is 19.4 Å². The Morgan fingerprint density at radius 2 is 1.89 bits per heavy atom. The predicted octanol–water partition coefficient (Wildman–Crippen LogP) is 0.684. The number of nitrogens with one attached hydrogen (secondary N) is 2. The highest BCUT2D eigenvalue weighted by Crippen LogP contribution is 2.09. The van der Waals surface area contributed by atoms with Crippen molar-refractivity contribution in [1.29, 1.82) is 0 Å². The van der Waals surface area contributed by atoms with E-state index in [0.29, 0.717) is 5.69 Å². The van der Waals surface area contributed by atoms with E-state index in [1.165, 1.54) is 6.92 Å². The smallest absolute Gasteiger partial charge is 0.224 e. The Hall–Kier alpha value is -1.88. The molecule has 18 heavy (non-hydrogen) atoms. The molecule has 1 atom stereocenters. The van der Waals surface area contributed by atoms with Crippen molar-refractivity contribution in [2.45, 2.75) is 26.3 Å². The molecule has 0 radical (unpaired) electrons. The minimum Gasteiger partial charge on any atom is -0.394 e. The molecule has 1 rings (SSSR count). The maximum Gasteiger partial charge on any atom is 0.224 e. The molecule has 0 aliphatic carbocycles. The lowest BCUT2D eigenvalue weighted by Gasteiger charge is -2.10. The van der Waals surface area contributed by atoms with Crippen molar-refractivity contribution in [3.05, 3.63) is 29.8 Å². The third-order valence-electron chi connectivity index (χ3n) is 2.32. The second-order valence-electron chi connectivity index (χ2n) is 4.21. The fourth-order valence-electron chi connectivity index (χ4n) is 1.47. The molecule has 0 spiro atoms. The van der Waals surface area contributed by atoms with Gasteiger partial charge >= 0.3 is 0 Å². The van der Waals surface area contributed by atoms with E-state index in [9.17, 15) is 9.59 Å². The number of anilines is 1. The average Bonchev–Trinajstić information content (AvgIpc) is 2.30. The lowest BCUT2D eigenvalue weighted by atomic mass is 10.1. The number of aliphatic hydroxyl groups is 1. The molecule has 1 aromatic carbocycles. The third kappa shape index (κ3) is 4.97. The summed E-state index contributed by atoms with van der Waals surface area (Å²) >= 11 is 0. The lowest BCUT2D eigenvalue weighted by Crippen LogP contribution is -2.35. The van der Waals surface area contributed by atoms with Crippen molar-refractivity contribution < 1.29 is 14.7 Å². The van der Waals surface area contributed by atoms with Crippen LogP contribution in [0.3, 0.4) is 0 Å². The summed E-state index contributed by atoms with van der Waals surface area (Å²) in [6.07, 6.45) is 0.255. The maximum absolute atomic E-state index is 11.6. The first-order chi connectivity index (χ1) is 8.51. The zero-order valence-corrected chi connectivity index (χ0v) is 10.6. The molecular formula is C13H18N2O3. The molecule has 0 bridgehead atoms. The van der Waals surface area contributed by atoms with Crippen LogP contribution in [0.2, 0.25) is 0 Å². The van der Waals surface area contributed by atoms with Gasteiger partial charge in [-0.25, -0.2) is 0 Å². The molecule has 0 saturated heterocycles. The number of carbonyl (C=O) groups is 2. The van der Waals surface area contributed by atoms with Crippen LogP contribution < -0.4 is 10.6 Å². The van der Waals surface area contributed by atoms with Gasteiger partial charge in [0.2, 0.25) is 11.8 Å². The molecule has 0 aliphatic rings. The third-order valence-corrected chi connectivity index (χ3v) is 2.32. The van der Waals surface area contributed by atoms with Crippen molar-refractivity contribution in [3.8, 4) is 0 Å². The molecule has 2 amide bonds. The van der Waals surface area contributed by atoms with Gasteiger partial charge in [-0.05, 0) is 24.6 Å². The van der Waals surface area contributed by atoms with E-state index < -0.39 is 0 Å². The summed E-state index contributed by atoms with van der Waals surface area (Å²) in [5.41, 5.74) is 1.56. The van der Waals surface area contributed by atoms with E-state index >= 15 is 0 Å². The Labute approximate surface area is 106 Å². The summed E-state index contributed by atoms with van der Waals surface area (Å²) < 4.78 is 0. The Morgan fingerprint density at radius 3 is 2.39 bits per heavy atom. The Balaban J connectivity index is 2.53. The van der Waals surface area contributed by atoms with Gasteiger partial charge in [-0.2, -0.15) is 0 Å². The zero-order chi connectivity index (χ0) is 13.5. The minimum atomic E-state index is -0.240. The van der Waals surface area contributed by atoms with Gasteiger partial charge in [-0.1, -0.05) is 12.1 Å². The van der Waals surface area contributed by atoms with Crippen molar-refractivity contribution >= 4 is 17.5 Å². The fourth-order valence-corrected chi connectivity index (χ4v) is 1.47. The quantitative estimate of drug-likeness (QED) is 0.719. The first kappa shape index (κ1) is 14.2. The number of rotatable bonds is 5. The summed E-state index contributed by atoms with van der Waals surface area (Å²) in [5, 5.41) is 14.1. The fraction of sp³-hybridized carbons (Fsp3) is 0.385. The van der Waals surface area contributed by atoms with Gasteiger partial charge in [0, 0.05) is 18.7 Å². The molecule has 5 nitrogen and oxygen atoms in total. The molecule has 3 N–H and O–H groups in total. The SMILES string of the molecule is CC(=O)Nc1ccc(CC(=O)NC(C)CO)cc1. The van der Waals surface area contributed by atoms with Gasteiger partial charge in [0.15, 0.2) is 0 Å². The van der Waals surface area contributed by atoms with Crippen LogP contribution >= 0.6 is 0 Å². The van der Waals surface area contributed by atoms with Crippen LogP contribution in [0, 0.1) is 0 Å². The summed E-state index contributed by atoms with van der Waals surface area (Å²) in [7, 11) is 0. The van der Waals surface area contributed by atoms with Crippen LogP contribution in [-0.4, -0.2) is 29.6 Å². The second-order valence-corrected chi connectivity index (χ2v) is 4.21. The Kier molecular flexibility index (Phi) is 5.32. The van der Waals surface area contributed by atoms with Crippen LogP contribution in [-0.2, 0) is 16.0 Å². The van der Waals surface area contributed by atoms with Crippen LogP contribution in [0.5, 0.6) is 0 Å². The maximum atomic E-state index is 11.6. The molecule has 0 aromatic heterocycles. The average molecular weight is 250 g/mol. The predicted molar refractivity (Wildman–Crippen MR) is 69.1 cm³/mol. The number of carbonyl (C=O) groups excluding carboxylic acids is 2. The lowest BCUT2D eigenvalue weighted by molar-refractivity contribution is -0.121. The molecule has 0 fully saturated rings. The van der Waals surface area contributed by atoms with E-state index in [0.717, 1.165) is 5.56 Å². The first-order valence-corrected chi connectivity index (χ1v) is 5.78. The van der Waals surface area contributed by atoms with E-state index in [1.807, 2.05) is 0 Å².